The van der Waals surface area contributed by atoms with Gasteiger partial charge in [0.05, 0.1) is 12.1 Å². The van der Waals surface area contributed by atoms with Crippen LogP contribution in [0.15, 0.2) is 72.8 Å². The summed E-state index contributed by atoms with van der Waals surface area (Å²) in [6.45, 7) is 2.82. The van der Waals surface area contributed by atoms with Crippen LogP contribution < -0.4 is 14.4 Å². The van der Waals surface area contributed by atoms with Crippen molar-refractivity contribution in [2.24, 2.45) is 0 Å². The standard InChI is InChI=1S/C25H25ClN2O3/c1-30-22-9-5-8-21(17-22)27-12-14-28(15-13-27)25(29)18-31-24-11-10-20(16-23(24)26)19-6-3-2-4-7-19/h2-11,16-17H,12-15,18H2,1H3. The number of rotatable bonds is 6. The van der Waals surface area contributed by atoms with E-state index in [0.29, 0.717) is 23.9 Å². The number of piperazine rings is 1. The molecular weight excluding hydrogens is 412 g/mol. The van der Waals surface area contributed by atoms with E-state index in [-0.39, 0.29) is 12.5 Å². The summed E-state index contributed by atoms with van der Waals surface area (Å²) in [5, 5.41) is 0.497. The van der Waals surface area contributed by atoms with Gasteiger partial charge in [-0.05, 0) is 35.4 Å². The normalized spacial score (nSPS) is 13.7. The smallest absolute Gasteiger partial charge is 0.260 e. The summed E-state index contributed by atoms with van der Waals surface area (Å²) in [5.41, 5.74) is 3.20. The van der Waals surface area contributed by atoms with Gasteiger partial charge in [0.2, 0.25) is 0 Å². The number of amides is 1. The zero-order valence-corrected chi connectivity index (χ0v) is 18.2. The molecular formula is C25H25ClN2O3. The van der Waals surface area contributed by atoms with E-state index in [4.69, 9.17) is 21.1 Å². The summed E-state index contributed by atoms with van der Waals surface area (Å²) in [4.78, 5) is 16.7. The molecule has 3 aromatic rings. The van der Waals surface area contributed by atoms with Crippen molar-refractivity contribution in [3.8, 4) is 22.6 Å². The van der Waals surface area contributed by atoms with Crippen molar-refractivity contribution >= 4 is 23.2 Å². The summed E-state index contributed by atoms with van der Waals surface area (Å²) in [6, 6.07) is 23.6. The molecule has 0 spiro atoms. The Balaban J connectivity index is 1.30. The van der Waals surface area contributed by atoms with E-state index in [9.17, 15) is 4.79 Å². The lowest BCUT2D eigenvalue weighted by atomic mass is 10.1. The molecule has 31 heavy (non-hydrogen) atoms. The molecule has 160 valence electrons. The van der Waals surface area contributed by atoms with Gasteiger partial charge in [-0.25, -0.2) is 0 Å². The molecule has 3 aromatic carbocycles. The van der Waals surface area contributed by atoms with Gasteiger partial charge in [-0.2, -0.15) is 0 Å². The van der Waals surface area contributed by atoms with E-state index in [1.807, 2.05) is 71.6 Å². The number of methoxy groups -OCH3 is 1. The summed E-state index contributed by atoms with van der Waals surface area (Å²) in [7, 11) is 1.66. The number of nitrogens with zero attached hydrogens (tertiary/aromatic N) is 2. The quantitative estimate of drug-likeness (QED) is 0.559. The molecule has 0 radical (unpaired) electrons. The lowest BCUT2D eigenvalue weighted by Crippen LogP contribution is -2.50. The van der Waals surface area contributed by atoms with Crippen LogP contribution in [0, 0.1) is 0 Å². The van der Waals surface area contributed by atoms with E-state index in [1.54, 1.807) is 7.11 Å². The Hall–Kier alpha value is -3.18. The van der Waals surface area contributed by atoms with Crippen molar-refractivity contribution in [2.75, 3.05) is 44.8 Å². The Morgan fingerprint density at radius 2 is 1.68 bits per heavy atom. The minimum absolute atomic E-state index is 0.0242. The van der Waals surface area contributed by atoms with E-state index in [0.717, 1.165) is 35.7 Å². The molecule has 0 atom stereocenters. The number of carbonyl (C=O) groups is 1. The van der Waals surface area contributed by atoms with Crippen molar-refractivity contribution in [1.82, 2.24) is 4.90 Å². The largest absolute Gasteiger partial charge is 0.497 e. The second-order valence-electron chi connectivity index (χ2n) is 7.37. The van der Waals surface area contributed by atoms with E-state index < -0.39 is 0 Å². The van der Waals surface area contributed by atoms with Gasteiger partial charge in [0.25, 0.3) is 5.91 Å². The lowest BCUT2D eigenvalue weighted by Gasteiger charge is -2.36. The first kappa shape index (κ1) is 21.1. The Morgan fingerprint density at radius 3 is 2.39 bits per heavy atom. The van der Waals surface area contributed by atoms with Crippen LogP contribution in [-0.4, -0.2) is 50.7 Å². The van der Waals surface area contributed by atoms with Gasteiger partial charge in [0, 0.05) is 37.9 Å². The topological polar surface area (TPSA) is 42.0 Å². The van der Waals surface area contributed by atoms with Gasteiger partial charge >= 0.3 is 0 Å². The van der Waals surface area contributed by atoms with Crippen molar-refractivity contribution in [3.05, 3.63) is 77.8 Å². The SMILES string of the molecule is COc1cccc(N2CCN(C(=O)COc3ccc(-c4ccccc4)cc3Cl)CC2)c1. The molecule has 0 aromatic heterocycles. The molecule has 0 aliphatic carbocycles. The predicted molar refractivity (Wildman–Crippen MR) is 124 cm³/mol. The number of ether oxygens (including phenoxy) is 2. The summed E-state index contributed by atoms with van der Waals surface area (Å²) in [5.74, 6) is 1.32. The van der Waals surface area contributed by atoms with E-state index >= 15 is 0 Å². The first-order valence-corrected chi connectivity index (χ1v) is 10.7. The van der Waals surface area contributed by atoms with E-state index in [2.05, 4.69) is 11.0 Å². The lowest BCUT2D eigenvalue weighted by molar-refractivity contribution is -0.133. The Morgan fingerprint density at radius 1 is 0.903 bits per heavy atom. The highest BCUT2D eigenvalue weighted by molar-refractivity contribution is 6.32. The fourth-order valence-electron chi connectivity index (χ4n) is 3.68. The van der Waals surface area contributed by atoms with Crippen LogP contribution in [0.3, 0.4) is 0 Å². The van der Waals surface area contributed by atoms with Crippen LogP contribution in [0.4, 0.5) is 5.69 Å². The van der Waals surface area contributed by atoms with Crippen LogP contribution in [0.1, 0.15) is 0 Å². The van der Waals surface area contributed by atoms with Crippen LogP contribution in [-0.2, 0) is 4.79 Å². The number of halogens is 1. The average Bonchev–Trinajstić information content (AvgIpc) is 2.83. The maximum absolute atomic E-state index is 12.6. The summed E-state index contributed by atoms with van der Waals surface area (Å²) in [6.07, 6.45) is 0. The molecule has 1 amide bonds. The van der Waals surface area contributed by atoms with Gasteiger partial charge in [-0.3, -0.25) is 4.79 Å². The van der Waals surface area contributed by atoms with Crippen molar-refractivity contribution in [2.45, 2.75) is 0 Å². The van der Waals surface area contributed by atoms with Gasteiger partial charge in [-0.15, -0.1) is 0 Å². The highest BCUT2D eigenvalue weighted by Crippen LogP contribution is 2.30. The maximum Gasteiger partial charge on any atom is 0.260 e. The number of anilines is 1. The van der Waals surface area contributed by atoms with Crippen LogP contribution >= 0.6 is 11.6 Å². The zero-order chi connectivity index (χ0) is 21.6. The van der Waals surface area contributed by atoms with Crippen LogP contribution in [0.5, 0.6) is 11.5 Å². The Kier molecular flexibility index (Phi) is 6.63. The second-order valence-corrected chi connectivity index (χ2v) is 7.78. The number of carbonyl (C=O) groups excluding carboxylic acids is 1. The first-order valence-electron chi connectivity index (χ1n) is 10.3. The molecule has 6 heteroatoms. The molecule has 0 saturated carbocycles. The number of hydrogen-bond acceptors (Lipinski definition) is 4. The molecule has 1 heterocycles. The third kappa shape index (κ3) is 5.12. The number of hydrogen-bond donors (Lipinski definition) is 0. The van der Waals surface area contributed by atoms with Crippen molar-refractivity contribution < 1.29 is 14.3 Å². The molecule has 1 aliphatic rings. The van der Waals surface area contributed by atoms with E-state index in [1.165, 1.54) is 0 Å². The Bertz CT molecular complexity index is 1030. The third-order valence-corrected chi connectivity index (χ3v) is 5.74. The zero-order valence-electron chi connectivity index (χ0n) is 17.5. The average molecular weight is 437 g/mol. The van der Waals surface area contributed by atoms with Crippen molar-refractivity contribution in [3.63, 3.8) is 0 Å². The predicted octanol–water partition coefficient (Wildman–Crippen LogP) is 4.74. The molecule has 1 fully saturated rings. The maximum atomic E-state index is 12.6. The fourth-order valence-corrected chi connectivity index (χ4v) is 3.92. The molecule has 0 bridgehead atoms. The molecule has 1 saturated heterocycles. The summed E-state index contributed by atoms with van der Waals surface area (Å²) >= 11 is 6.39. The fraction of sp³-hybridized carbons (Fsp3) is 0.240. The van der Waals surface area contributed by atoms with Gasteiger partial charge in [0.1, 0.15) is 11.5 Å². The van der Waals surface area contributed by atoms with Crippen LogP contribution in [0.25, 0.3) is 11.1 Å². The molecule has 5 nitrogen and oxygen atoms in total. The van der Waals surface area contributed by atoms with Gasteiger partial charge in [-0.1, -0.05) is 54.1 Å². The van der Waals surface area contributed by atoms with Crippen LogP contribution in [0.2, 0.25) is 5.02 Å². The second kappa shape index (κ2) is 9.75. The van der Waals surface area contributed by atoms with Crippen molar-refractivity contribution in [1.29, 1.82) is 0 Å². The molecule has 4 rings (SSSR count). The number of benzene rings is 3. The molecule has 0 N–H and O–H groups in total. The molecule has 1 aliphatic heterocycles. The Labute approximate surface area is 187 Å². The first-order chi connectivity index (χ1) is 15.1. The summed E-state index contributed by atoms with van der Waals surface area (Å²) < 4.78 is 11.0. The highest BCUT2D eigenvalue weighted by Gasteiger charge is 2.22. The third-order valence-electron chi connectivity index (χ3n) is 5.44. The minimum atomic E-state index is -0.0338. The van der Waals surface area contributed by atoms with Gasteiger partial charge in [0.15, 0.2) is 6.61 Å². The highest BCUT2D eigenvalue weighted by atomic mass is 35.5. The molecule has 0 unspecified atom stereocenters. The monoisotopic (exact) mass is 436 g/mol. The minimum Gasteiger partial charge on any atom is -0.497 e. The van der Waals surface area contributed by atoms with Gasteiger partial charge < -0.3 is 19.3 Å².